The summed E-state index contributed by atoms with van der Waals surface area (Å²) < 4.78 is 9.74. The first kappa shape index (κ1) is 11.8. The number of hydrogen-bond donors (Lipinski definition) is 0. The third kappa shape index (κ3) is 5.96. The lowest BCUT2D eigenvalue weighted by Crippen LogP contribution is -2.26. The average Bonchev–Trinajstić information content (AvgIpc) is 1.96. The Morgan fingerprint density at radius 2 is 1.77 bits per heavy atom. The van der Waals surface area contributed by atoms with Crippen LogP contribution in [0.3, 0.4) is 0 Å². The first-order valence-electron chi connectivity index (χ1n) is 4.04. The molecule has 3 nitrogen and oxygen atoms in total. The lowest BCUT2D eigenvalue weighted by molar-refractivity contribution is -0.0115. The molecule has 74 valence electrons. The Morgan fingerprint density at radius 3 is 2.08 bits per heavy atom. The minimum atomic E-state index is -0.711. The maximum atomic E-state index is 11.0. The fourth-order valence-corrected chi connectivity index (χ4v) is 0.578. The van der Waals surface area contributed by atoms with Crippen LogP contribution in [0.4, 0.5) is 4.79 Å². The quantitative estimate of drug-likeness (QED) is 0.499. The maximum Gasteiger partial charge on any atom is 0.509 e. The summed E-state index contributed by atoms with van der Waals surface area (Å²) in [5.74, 6) is 0. The van der Waals surface area contributed by atoms with E-state index in [9.17, 15) is 4.79 Å². The Labute approximate surface area is 79.0 Å². The number of ether oxygens (including phenoxy) is 2. The molecule has 0 aromatic rings. The molecular formula is C10H16O3. The molecule has 0 aromatic heterocycles. The number of hydrogen-bond acceptors (Lipinski definition) is 3. The molecule has 0 N–H and O–H groups in total. The Balaban J connectivity index is 4.00. The molecule has 3 heteroatoms. The van der Waals surface area contributed by atoms with Crippen LogP contribution in [0.2, 0.25) is 0 Å². The molecule has 13 heavy (non-hydrogen) atoms. The van der Waals surface area contributed by atoms with E-state index in [-0.39, 0.29) is 0 Å². The number of rotatable bonds is 3. The molecular weight excluding hydrogens is 168 g/mol. The van der Waals surface area contributed by atoms with Crippen LogP contribution in [0.15, 0.2) is 25.3 Å². The van der Waals surface area contributed by atoms with Crippen LogP contribution in [0.5, 0.6) is 0 Å². The van der Waals surface area contributed by atoms with Gasteiger partial charge in [0.25, 0.3) is 0 Å². The fourth-order valence-electron chi connectivity index (χ4n) is 0.578. The van der Waals surface area contributed by atoms with Crippen LogP contribution in [0.25, 0.3) is 0 Å². The zero-order chi connectivity index (χ0) is 10.5. The molecule has 0 aliphatic carbocycles. The second-order valence-electron chi connectivity index (χ2n) is 3.52. The van der Waals surface area contributed by atoms with E-state index >= 15 is 0 Å². The van der Waals surface area contributed by atoms with E-state index in [1.165, 1.54) is 12.2 Å². The molecule has 0 bridgehead atoms. The van der Waals surface area contributed by atoms with E-state index in [0.717, 1.165) is 0 Å². The Hall–Kier alpha value is -1.25. The van der Waals surface area contributed by atoms with Gasteiger partial charge in [0.05, 0.1) is 0 Å². The summed E-state index contributed by atoms with van der Waals surface area (Å²) >= 11 is 0. The van der Waals surface area contributed by atoms with Gasteiger partial charge in [-0.25, -0.2) is 4.79 Å². The summed E-state index contributed by atoms with van der Waals surface area (Å²) in [4.78, 5) is 11.0. The van der Waals surface area contributed by atoms with Gasteiger partial charge in [0.2, 0.25) is 0 Å². The largest absolute Gasteiger partial charge is 0.509 e. The van der Waals surface area contributed by atoms with Crippen LogP contribution in [-0.2, 0) is 9.47 Å². The summed E-state index contributed by atoms with van der Waals surface area (Å²) in [6.07, 6.45) is 1.74. The van der Waals surface area contributed by atoms with Crippen molar-refractivity contribution in [1.29, 1.82) is 0 Å². The van der Waals surface area contributed by atoms with Crippen LogP contribution >= 0.6 is 0 Å². The third-order valence-electron chi connectivity index (χ3n) is 1.09. The normalized spacial score (nSPS) is 10.8. The monoisotopic (exact) mass is 184 g/mol. The smallest absolute Gasteiger partial charge is 0.429 e. The molecule has 0 aromatic carbocycles. The molecule has 0 spiro atoms. The first-order valence-corrected chi connectivity index (χ1v) is 4.04. The van der Waals surface area contributed by atoms with Gasteiger partial charge >= 0.3 is 6.16 Å². The van der Waals surface area contributed by atoms with Gasteiger partial charge in [0, 0.05) is 0 Å². The summed E-state index contributed by atoms with van der Waals surface area (Å²) in [5, 5.41) is 0. The van der Waals surface area contributed by atoms with Crippen molar-refractivity contribution in [2.45, 2.75) is 32.5 Å². The lowest BCUT2D eigenvalue weighted by atomic mass is 10.2. The van der Waals surface area contributed by atoms with Crippen LogP contribution in [0.1, 0.15) is 20.8 Å². The second-order valence-corrected chi connectivity index (χ2v) is 3.52. The predicted molar refractivity (Wildman–Crippen MR) is 51.5 cm³/mol. The highest BCUT2D eigenvalue weighted by Gasteiger charge is 2.18. The van der Waals surface area contributed by atoms with Crippen molar-refractivity contribution in [3.05, 3.63) is 25.3 Å². The highest BCUT2D eigenvalue weighted by molar-refractivity contribution is 5.61. The van der Waals surface area contributed by atoms with E-state index in [1.54, 1.807) is 20.8 Å². The number of carbonyl (C=O) groups is 1. The van der Waals surface area contributed by atoms with Gasteiger partial charge in [-0.3, -0.25) is 0 Å². The molecule has 0 aliphatic rings. The van der Waals surface area contributed by atoms with Gasteiger partial charge in [0.1, 0.15) is 11.7 Å². The zero-order valence-corrected chi connectivity index (χ0v) is 8.37. The first-order chi connectivity index (χ1) is 5.89. The van der Waals surface area contributed by atoms with Crippen molar-refractivity contribution in [3.8, 4) is 0 Å². The standard InChI is InChI=1S/C10H16O3/c1-6-8(7-2)12-9(11)13-10(3,4)5/h6-8H,1-2H2,3-5H3. The summed E-state index contributed by atoms with van der Waals surface area (Å²) in [7, 11) is 0. The molecule has 0 aliphatic heterocycles. The van der Waals surface area contributed by atoms with E-state index < -0.39 is 17.9 Å². The van der Waals surface area contributed by atoms with Gasteiger partial charge in [-0.1, -0.05) is 13.2 Å². The van der Waals surface area contributed by atoms with Crippen LogP contribution in [0, 0.1) is 0 Å². The highest BCUT2D eigenvalue weighted by Crippen LogP contribution is 2.09. The van der Waals surface area contributed by atoms with Crippen molar-refractivity contribution < 1.29 is 14.3 Å². The Morgan fingerprint density at radius 1 is 1.31 bits per heavy atom. The molecule has 0 radical (unpaired) electrons. The molecule has 0 saturated carbocycles. The second kappa shape index (κ2) is 4.70. The minimum absolute atomic E-state index is 0.491. The van der Waals surface area contributed by atoms with Crippen molar-refractivity contribution >= 4 is 6.16 Å². The van der Waals surface area contributed by atoms with Gasteiger partial charge in [0.15, 0.2) is 0 Å². The van der Waals surface area contributed by atoms with Gasteiger partial charge in [-0.2, -0.15) is 0 Å². The van der Waals surface area contributed by atoms with E-state index in [2.05, 4.69) is 13.2 Å². The van der Waals surface area contributed by atoms with Crippen molar-refractivity contribution in [2.75, 3.05) is 0 Å². The molecule has 0 unspecified atom stereocenters. The molecule has 0 rings (SSSR count). The molecule has 0 fully saturated rings. The van der Waals surface area contributed by atoms with Crippen molar-refractivity contribution in [3.63, 3.8) is 0 Å². The lowest BCUT2D eigenvalue weighted by Gasteiger charge is -2.20. The van der Waals surface area contributed by atoms with E-state index in [0.29, 0.717) is 0 Å². The average molecular weight is 184 g/mol. The van der Waals surface area contributed by atoms with Gasteiger partial charge in [-0.15, -0.1) is 0 Å². The van der Waals surface area contributed by atoms with Crippen LogP contribution < -0.4 is 0 Å². The SMILES string of the molecule is C=CC(C=C)OC(=O)OC(C)(C)C. The predicted octanol–water partition coefficient (Wildman–Crippen LogP) is 2.68. The summed E-state index contributed by atoms with van der Waals surface area (Å²) in [5.41, 5.74) is -0.538. The van der Waals surface area contributed by atoms with Crippen LogP contribution in [-0.4, -0.2) is 17.9 Å². The van der Waals surface area contributed by atoms with Gasteiger partial charge < -0.3 is 9.47 Å². The minimum Gasteiger partial charge on any atom is -0.429 e. The fraction of sp³-hybridized carbons (Fsp3) is 0.500. The molecule has 0 saturated heterocycles. The number of carbonyl (C=O) groups excluding carboxylic acids is 1. The summed E-state index contributed by atoms with van der Waals surface area (Å²) in [6, 6.07) is 0. The third-order valence-corrected chi connectivity index (χ3v) is 1.09. The van der Waals surface area contributed by atoms with Gasteiger partial charge in [-0.05, 0) is 32.9 Å². The highest BCUT2D eigenvalue weighted by atomic mass is 16.7. The van der Waals surface area contributed by atoms with Crippen molar-refractivity contribution in [1.82, 2.24) is 0 Å². The summed E-state index contributed by atoms with van der Waals surface area (Å²) in [6.45, 7) is 12.3. The van der Waals surface area contributed by atoms with E-state index in [1.807, 2.05) is 0 Å². The zero-order valence-electron chi connectivity index (χ0n) is 8.37. The van der Waals surface area contributed by atoms with E-state index in [4.69, 9.17) is 9.47 Å². The molecule has 0 amide bonds. The Bertz CT molecular complexity index is 193. The molecule has 0 atom stereocenters. The maximum absolute atomic E-state index is 11.0. The topological polar surface area (TPSA) is 35.5 Å². The Kier molecular flexibility index (Phi) is 4.25. The van der Waals surface area contributed by atoms with Crippen molar-refractivity contribution in [2.24, 2.45) is 0 Å². The molecule has 0 heterocycles.